The molecule has 1 atom stereocenters. The summed E-state index contributed by atoms with van der Waals surface area (Å²) in [5, 5.41) is 9.16. The summed E-state index contributed by atoms with van der Waals surface area (Å²) in [5.74, 6) is 0.274. The van der Waals surface area contributed by atoms with E-state index in [1.165, 1.54) is 12.1 Å². The van der Waals surface area contributed by atoms with Crippen LogP contribution >= 0.6 is 23.4 Å². The first kappa shape index (κ1) is 20.6. The predicted octanol–water partition coefficient (Wildman–Crippen LogP) is 6.19. The number of anilines is 2. The molecule has 5 nitrogen and oxygen atoms in total. The van der Waals surface area contributed by atoms with Crippen LogP contribution in [-0.2, 0) is 6.54 Å². The van der Waals surface area contributed by atoms with Gasteiger partial charge in [0.15, 0.2) is 10.8 Å². The highest BCUT2D eigenvalue weighted by molar-refractivity contribution is 7.99. The van der Waals surface area contributed by atoms with Crippen molar-refractivity contribution in [2.24, 2.45) is 0 Å². The molecule has 2 heterocycles. The van der Waals surface area contributed by atoms with E-state index in [1.54, 1.807) is 34.8 Å². The molecule has 0 bridgehead atoms. The van der Waals surface area contributed by atoms with Crippen molar-refractivity contribution >= 4 is 45.9 Å². The van der Waals surface area contributed by atoms with Crippen molar-refractivity contribution in [3.8, 4) is 0 Å². The zero-order chi connectivity index (χ0) is 21.1. The van der Waals surface area contributed by atoms with Gasteiger partial charge < -0.3 is 5.32 Å². The summed E-state index contributed by atoms with van der Waals surface area (Å²) in [6.45, 7) is 4.63. The first-order valence-corrected chi connectivity index (χ1v) is 10.9. The summed E-state index contributed by atoms with van der Waals surface area (Å²) in [6, 6.07) is 16.2. The molecule has 0 radical (unpaired) electrons. The first-order chi connectivity index (χ1) is 14.5. The molecule has 4 aromatic rings. The number of nitrogens with one attached hydrogen (secondary N) is 1. The van der Waals surface area contributed by atoms with Crippen LogP contribution in [0.25, 0.3) is 11.0 Å². The smallest absolute Gasteiger partial charge is 0.191 e. The number of fused-ring (bicyclic) bond motifs is 1. The topological polar surface area (TPSA) is 55.6 Å². The molecule has 1 N–H and O–H groups in total. The fraction of sp³-hybridized carbons (Fsp3) is 0.227. The molecule has 154 valence electrons. The van der Waals surface area contributed by atoms with Gasteiger partial charge in [-0.1, -0.05) is 62.0 Å². The van der Waals surface area contributed by atoms with Gasteiger partial charge in [0.2, 0.25) is 0 Å². The summed E-state index contributed by atoms with van der Waals surface area (Å²) in [4.78, 5) is 9.37. The fourth-order valence-corrected chi connectivity index (χ4v) is 4.03. The Labute approximate surface area is 183 Å². The predicted molar refractivity (Wildman–Crippen MR) is 121 cm³/mol. The monoisotopic (exact) mass is 441 g/mol. The minimum absolute atomic E-state index is 0.245. The van der Waals surface area contributed by atoms with Crippen LogP contribution in [0.2, 0.25) is 0 Å². The standard InChI is InChI=1S/C22H21ClFN5S/c1-14(2)30-22-27-20(26-17-10-6-9-16(24)11-17)18-12-25-29(21(18)28-22)13-19(23)15-7-4-3-5-8-15/h3-12,14,19H,13H2,1-2H3,(H,26,27,28). The third kappa shape index (κ3) is 4.74. The van der Waals surface area contributed by atoms with Crippen molar-refractivity contribution in [2.45, 2.75) is 36.2 Å². The number of aromatic nitrogens is 4. The Bertz CT molecular complexity index is 1150. The number of hydrogen-bond donors (Lipinski definition) is 1. The average Bonchev–Trinajstić information content (AvgIpc) is 3.11. The average molecular weight is 442 g/mol. The van der Waals surface area contributed by atoms with Gasteiger partial charge in [-0.05, 0) is 23.8 Å². The molecule has 0 spiro atoms. The van der Waals surface area contributed by atoms with Crippen LogP contribution in [-0.4, -0.2) is 25.0 Å². The van der Waals surface area contributed by atoms with Crippen LogP contribution in [0.3, 0.4) is 0 Å². The summed E-state index contributed by atoms with van der Waals surface area (Å²) in [5.41, 5.74) is 2.32. The van der Waals surface area contributed by atoms with Crippen molar-refractivity contribution in [1.82, 2.24) is 19.7 Å². The molecule has 0 saturated carbocycles. The number of alkyl halides is 1. The maximum Gasteiger partial charge on any atom is 0.191 e. The van der Waals surface area contributed by atoms with Crippen LogP contribution in [0.4, 0.5) is 15.9 Å². The molecule has 0 aliphatic carbocycles. The van der Waals surface area contributed by atoms with Gasteiger partial charge in [-0.3, -0.25) is 0 Å². The van der Waals surface area contributed by atoms with E-state index < -0.39 is 0 Å². The molecule has 1 unspecified atom stereocenters. The molecule has 8 heteroatoms. The lowest BCUT2D eigenvalue weighted by Gasteiger charge is -2.13. The Morgan fingerprint density at radius 1 is 1.10 bits per heavy atom. The van der Waals surface area contributed by atoms with Crippen LogP contribution in [0.15, 0.2) is 66.0 Å². The maximum atomic E-state index is 13.6. The zero-order valence-corrected chi connectivity index (χ0v) is 18.2. The SMILES string of the molecule is CC(C)Sc1nc(Nc2cccc(F)c2)c2cnn(CC(Cl)c3ccccc3)c2n1. The van der Waals surface area contributed by atoms with E-state index in [0.717, 1.165) is 10.9 Å². The number of rotatable bonds is 7. The minimum atomic E-state index is -0.314. The number of thioether (sulfide) groups is 1. The van der Waals surface area contributed by atoms with Crippen molar-refractivity contribution in [2.75, 3.05) is 5.32 Å². The third-order valence-electron chi connectivity index (χ3n) is 4.40. The number of halogens is 2. The highest BCUT2D eigenvalue weighted by Crippen LogP contribution is 2.30. The lowest BCUT2D eigenvalue weighted by atomic mass is 10.1. The highest BCUT2D eigenvalue weighted by Gasteiger charge is 2.17. The molecule has 2 aromatic heterocycles. The van der Waals surface area contributed by atoms with E-state index in [0.29, 0.717) is 34.1 Å². The van der Waals surface area contributed by atoms with Gasteiger partial charge >= 0.3 is 0 Å². The number of hydrogen-bond acceptors (Lipinski definition) is 5. The summed E-state index contributed by atoms with van der Waals surface area (Å²) >= 11 is 8.20. The van der Waals surface area contributed by atoms with Gasteiger partial charge in [-0.2, -0.15) is 5.10 Å². The van der Waals surface area contributed by atoms with E-state index in [4.69, 9.17) is 16.6 Å². The Kier molecular flexibility index (Phi) is 6.20. The van der Waals surface area contributed by atoms with E-state index in [9.17, 15) is 4.39 Å². The molecular weight excluding hydrogens is 421 g/mol. The van der Waals surface area contributed by atoms with Gasteiger partial charge in [0.1, 0.15) is 11.6 Å². The molecule has 2 aromatic carbocycles. The quantitative estimate of drug-likeness (QED) is 0.210. The van der Waals surface area contributed by atoms with Crippen LogP contribution in [0, 0.1) is 5.82 Å². The molecule has 0 fully saturated rings. The summed E-state index contributed by atoms with van der Waals surface area (Å²) < 4.78 is 15.4. The van der Waals surface area contributed by atoms with Crippen LogP contribution < -0.4 is 5.32 Å². The van der Waals surface area contributed by atoms with Crippen LogP contribution in [0.1, 0.15) is 24.8 Å². The van der Waals surface area contributed by atoms with Crippen molar-refractivity contribution in [3.05, 3.63) is 72.2 Å². The summed E-state index contributed by atoms with van der Waals surface area (Å²) in [6.07, 6.45) is 1.72. The Morgan fingerprint density at radius 2 is 1.90 bits per heavy atom. The highest BCUT2D eigenvalue weighted by atomic mass is 35.5. The second-order valence-corrected chi connectivity index (χ2v) is 9.17. The van der Waals surface area contributed by atoms with Gasteiger partial charge in [0, 0.05) is 10.9 Å². The molecule has 0 amide bonds. The third-order valence-corrected chi connectivity index (χ3v) is 5.65. The van der Waals surface area contributed by atoms with E-state index in [2.05, 4.69) is 29.2 Å². The number of benzene rings is 2. The van der Waals surface area contributed by atoms with Gasteiger partial charge in [-0.25, -0.2) is 19.0 Å². The Balaban J connectivity index is 1.72. The number of nitrogens with zero attached hydrogens (tertiary/aromatic N) is 4. The molecule has 0 aliphatic rings. The van der Waals surface area contributed by atoms with Gasteiger partial charge in [0.25, 0.3) is 0 Å². The van der Waals surface area contributed by atoms with E-state index >= 15 is 0 Å². The van der Waals surface area contributed by atoms with Crippen molar-refractivity contribution < 1.29 is 4.39 Å². The second kappa shape index (κ2) is 9.02. The van der Waals surface area contributed by atoms with E-state index in [1.807, 2.05) is 30.3 Å². The molecule has 0 saturated heterocycles. The first-order valence-electron chi connectivity index (χ1n) is 9.61. The van der Waals surface area contributed by atoms with Crippen molar-refractivity contribution in [1.29, 1.82) is 0 Å². The zero-order valence-electron chi connectivity index (χ0n) is 16.6. The maximum absolute atomic E-state index is 13.6. The fourth-order valence-electron chi connectivity index (χ4n) is 3.05. The Morgan fingerprint density at radius 3 is 2.63 bits per heavy atom. The normalized spacial score (nSPS) is 12.4. The molecule has 0 aliphatic heterocycles. The Hall–Kier alpha value is -2.64. The molecular formula is C22H21ClFN5S. The van der Waals surface area contributed by atoms with Gasteiger partial charge in [0.05, 0.1) is 23.5 Å². The largest absolute Gasteiger partial charge is 0.339 e. The summed E-state index contributed by atoms with van der Waals surface area (Å²) in [7, 11) is 0. The lowest BCUT2D eigenvalue weighted by Crippen LogP contribution is -2.08. The minimum Gasteiger partial charge on any atom is -0.339 e. The second-order valence-electron chi connectivity index (χ2n) is 7.10. The van der Waals surface area contributed by atoms with Gasteiger partial charge in [-0.15, -0.1) is 11.6 Å². The molecule has 30 heavy (non-hydrogen) atoms. The molecule has 4 rings (SSSR count). The lowest BCUT2D eigenvalue weighted by molar-refractivity contribution is 0.613. The van der Waals surface area contributed by atoms with E-state index in [-0.39, 0.29) is 11.2 Å². The van der Waals surface area contributed by atoms with Crippen molar-refractivity contribution in [3.63, 3.8) is 0 Å². The van der Waals surface area contributed by atoms with Crippen LogP contribution in [0.5, 0.6) is 0 Å².